The molecule has 1 aliphatic carbocycles. The highest BCUT2D eigenvalue weighted by Gasteiger charge is 2.25. The molecule has 2 fully saturated rings. The van der Waals surface area contributed by atoms with E-state index in [1.807, 2.05) is 0 Å². The second-order valence-corrected chi connectivity index (χ2v) is 7.99. The second kappa shape index (κ2) is 7.56. The maximum Gasteiger partial charge on any atom is 0.237 e. The smallest absolute Gasteiger partial charge is 0.237 e. The van der Waals surface area contributed by atoms with Crippen LogP contribution in [0.3, 0.4) is 0 Å². The Morgan fingerprint density at radius 3 is 2.43 bits per heavy atom. The first kappa shape index (κ1) is 16.7. The Morgan fingerprint density at radius 2 is 1.76 bits per heavy atom. The van der Waals surface area contributed by atoms with Crippen LogP contribution in [0.25, 0.3) is 0 Å². The van der Waals surface area contributed by atoms with Crippen LogP contribution < -0.4 is 4.72 Å². The molecule has 21 heavy (non-hydrogen) atoms. The van der Waals surface area contributed by atoms with Gasteiger partial charge >= 0.3 is 0 Å². The first-order valence-electron chi connectivity index (χ1n) is 7.92. The number of hydrogen-bond acceptors (Lipinski definition) is 4. The third-order valence-electron chi connectivity index (χ3n) is 4.46. The topological polar surface area (TPSA) is 69.7 Å². The molecule has 1 amide bonds. The van der Waals surface area contributed by atoms with Gasteiger partial charge in [0.05, 0.1) is 12.8 Å². The predicted octanol–water partition coefficient (Wildman–Crippen LogP) is 0.403. The van der Waals surface area contributed by atoms with Crippen LogP contribution in [-0.2, 0) is 14.8 Å². The van der Waals surface area contributed by atoms with E-state index in [1.54, 1.807) is 4.90 Å². The van der Waals surface area contributed by atoms with Gasteiger partial charge in [0.15, 0.2) is 0 Å². The van der Waals surface area contributed by atoms with E-state index in [0.29, 0.717) is 12.6 Å². The maximum absolute atomic E-state index is 12.1. The molecule has 1 heterocycles. The monoisotopic (exact) mass is 317 g/mol. The van der Waals surface area contributed by atoms with Gasteiger partial charge in [0.1, 0.15) is 0 Å². The summed E-state index contributed by atoms with van der Waals surface area (Å²) in [6, 6.07) is 0.683. The Balaban J connectivity index is 1.81. The maximum atomic E-state index is 12.1. The summed E-state index contributed by atoms with van der Waals surface area (Å²) in [6.07, 6.45) is 8.61. The van der Waals surface area contributed by atoms with Crippen molar-refractivity contribution in [2.75, 3.05) is 39.0 Å². The molecule has 1 aliphatic heterocycles. The summed E-state index contributed by atoms with van der Waals surface area (Å²) >= 11 is 0. The van der Waals surface area contributed by atoms with E-state index in [0.717, 1.165) is 32.3 Å². The van der Waals surface area contributed by atoms with Crippen molar-refractivity contribution < 1.29 is 13.2 Å². The van der Waals surface area contributed by atoms with Crippen LogP contribution in [-0.4, -0.2) is 69.1 Å². The lowest BCUT2D eigenvalue weighted by Gasteiger charge is -2.33. The number of amides is 1. The highest BCUT2D eigenvalue weighted by molar-refractivity contribution is 7.88. The van der Waals surface area contributed by atoms with Gasteiger partial charge in [-0.25, -0.2) is 13.1 Å². The molecule has 0 unspecified atom stereocenters. The average Bonchev–Trinajstić information content (AvgIpc) is 2.71. The van der Waals surface area contributed by atoms with E-state index >= 15 is 0 Å². The van der Waals surface area contributed by atoms with Crippen LogP contribution >= 0.6 is 0 Å². The molecule has 6 nitrogen and oxygen atoms in total. The van der Waals surface area contributed by atoms with Gasteiger partial charge in [0.25, 0.3) is 0 Å². The molecule has 1 saturated carbocycles. The minimum atomic E-state index is -3.30. The highest BCUT2D eigenvalue weighted by Crippen LogP contribution is 2.23. The van der Waals surface area contributed by atoms with E-state index in [-0.39, 0.29) is 12.5 Å². The zero-order valence-corrected chi connectivity index (χ0v) is 13.7. The molecule has 0 spiro atoms. The zero-order valence-electron chi connectivity index (χ0n) is 12.9. The van der Waals surface area contributed by atoms with Crippen molar-refractivity contribution in [3.63, 3.8) is 0 Å². The molecule has 2 rings (SSSR count). The fourth-order valence-electron chi connectivity index (χ4n) is 3.30. The normalized spacial score (nSPS) is 23.0. The Kier molecular flexibility index (Phi) is 6.01. The minimum Gasteiger partial charge on any atom is -0.340 e. The van der Waals surface area contributed by atoms with Crippen LogP contribution in [0.5, 0.6) is 0 Å². The summed E-state index contributed by atoms with van der Waals surface area (Å²) in [5.74, 6) is -0.120. The van der Waals surface area contributed by atoms with Crippen molar-refractivity contribution in [1.29, 1.82) is 0 Å². The summed E-state index contributed by atoms with van der Waals surface area (Å²) in [4.78, 5) is 16.4. The van der Waals surface area contributed by atoms with Gasteiger partial charge in [-0.05, 0) is 19.3 Å². The molecule has 0 atom stereocenters. The van der Waals surface area contributed by atoms with Gasteiger partial charge in [-0.1, -0.05) is 19.3 Å². The van der Waals surface area contributed by atoms with Crippen LogP contribution in [0.2, 0.25) is 0 Å². The van der Waals surface area contributed by atoms with Gasteiger partial charge in [-0.3, -0.25) is 9.69 Å². The molecule has 0 aromatic carbocycles. The molecular formula is C14H27N3O3S. The number of nitrogens with one attached hydrogen (secondary N) is 1. The molecule has 0 bridgehead atoms. The minimum absolute atomic E-state index is 0.120. The van der Waals surface area contributed by atoms with Gasteiger partial charge in [-0.15, -0.1) is 0 Å². The Morgan fingerprint density at radius 1 is 1.05 bits per heavy atom. The number of sulfonamides is 1. The fraction of sp³-hybridized carbons (Fsp3) is 0.929. The number of carbonyl (C=O) groups is 1. The van der Waals surface area contributed by atoms with Gasteiger partial charge < -0.3 is 4.90 Å². The van der Waals surface area contributed by atoms with E-state index in [4.69, 9.17) is 0 Å². The van der Waals surface area contributed by atoms with Crippen molar-refractivity contribution in [2.24, 2.45) is 0 Å². The number of nitrogens with zero attached hydrogens (tertiary/aromatic N) is 2. The van der Waals surface area contributed by atoms with E-state index in [2.05, 4.69) is 9.62 Å². The van der Waals surface area contributed by atoms with Gasteiger partial charge in [-0.2, -0.15) is 0 Å². The Labute approximate surface area is 127 Å². The summed E-state index contributed by atoms with van der Waals surface area (Å²) in [7, 11) is -3.30. The van der Waals surface area contributed by atoms with Crippen molar-refractivity contribution in [1.82, 2.24) is 14.5 Å². The van der Waals surface area contributed by atoms with Crippen LogP contribution in [0.1, 0.15) is 38.5 Å². The van der Waals surface area contributed by atoms with E-state index < -0.39 is 10.0 Å². The molecule has 1 N–H and O–H groups in total. The molecular weight excluding hydrogens is 290 g/mol. The Bertz CT molecular complexity index is 446. The third-order valence-corrected chi connectivity index (χ3v) is 5.13. The SMILES string of the molecule is CS(=O)(=O)NCC(=O)N1CCCN(C2CCCCC2)CC1. The average molecular weight is 317 g/mol. The van der Waals surface area contributed by atoms with Gasteiger partial charge in [0.2, 0.25) is 15.9 Å². The van der Waals surface area contributed by atoms with Crippen molar-refractivity contribution in [2.45, 2.75) is 44.6 Å². The first-order chi connectivity index (χ1) is 9.96. The Hall–Kier alpha value is -0.660. The summed E-state index contributed by atoms with van der Waals surface area (Å²) in [5.41, 5.74) is 0. The number of rotatable bonds is 4. The second-order valence-electron chi connectivity index (χ2n) is 6.16. The molecule has 0 radical (unpaired) electrons. The number of hydrogen-bond donors (Lipinski definition) is 1. The van der Waals surface area contributed by atoms with Crippen LogP contribution in [0.15, 0.2) is 0 Å². The first-order valence-corrected chi connectivity index (χ1v) is 9.81. The predicted molar refractivity (Wildman–Crippen MR) is 82.5 cm³/mol. The molecule has 7 heteroatoms. The van der Waals surface area contributed by atoms with E-state index in [9.17, 15) is 13.2 Å². The quantitative estimate of drug-likeness (QED) is 0.815. The van der Waals surface area contributed by atoms with Crippen molar-refractivity contribution in [3.05, 3.63) is 0 Å². The molecule has 122 valence electrons. The van der Waals surface area contributed by atoms with Crippen LogP contribution in [0, 0.1) is 0 Å². The highest BCUT2D eigenvalue weighted by atomic mass is 32.2. The summed E-state index contributed by atoms with van der Waals surface area (Å²) < 4.78 is 24.4. The van der Waals surface area contributed by atoms with E-state index in [1.165, 1.54) is 32.1 Å². The standard InChI is InChI=1S/C14H27N3O3S/c1-21(19,20)15-12-14(18)17-9-5-8-16(10-11-17)13-6-3-2-4-7-13/h13,15H,2-12H2,1H3. The molecule has 0 aromatic rings. The molecule has 2 aliphatic rings. The number of carbonyl (C=O) groups excluding carboxylic acids is 1. The third kappa shape index (κ3) is 5.56. The van der Waals surface area contributed by atoms with Crippen LogP contribution in [0.4, 0.5) is 0 Å². The lowest BCUT2D eigenvalue weighted by molar-refractivity contribution is -0.129. The summed E-state index contributed by atoms with van der Waals surface area (Å²) in [6.45, 7) is 3.28. The summed E-state index contributed by atoms with van der Waals surface area (Å²) in [5, 5.41) is 0. The van der Waals surface area contributed by atoms with Gasteiger partial charge in [0, 0.05) is 32.2 Å². The zero-order chi connectivity index (χ0) is 15.3. The fourth-order valence-corrected chi connectivity index (χ4v) is 3.69. The van der Waals surface area contributed by atoms with Crippen molar-refractivity contribution in [3.8, 4) is 0 Å². The van der Waals surface area contributed by atoms with Crippen molar-refractivity contribution >= 4 is 15.9 Å². The molecule has 1 saturated heterocycles. The lowest BCUT2D eigenvalue weighted by atomic mass is 9.94. The largest absolute Gasteiger partial charge is 0.340 e. The lowest BCUT2D eigenvalue weighted by Crippen LogP contribution is -2.43. The molecule has 0 aromatic heterocycles.